The summed E-state index contributed by atoms with van der Waals surface area (Å²) in [6.45, 7) is 4.29. The number of pyridine rings is 1. The minimum absolute atomic E-state index is 0.0128. The van der Waals surface area contributed by atoms with Gasteiger partial charge in [-0.3, -0.25) is 24.8 Å². The van der Waals surface area contributed by atoms with Gasteiger partial charge in [0, 0.05) is 47.4 Å². The van der Waals surface area contributed by atoms with E-state index in [1.165, 1.54) is 12.1 Å². The van der Waals surface area contributed by atoms with Gasteiger partial charge in [-0.15, -0.1) is 0 Å². The Morgan fingerprint density at radius 2 is 1.69 bits per heavy atom. The Morgan fingerprint density at radius 1 is 1.00 bits per heavy atom. The van der Waals surface area contributed by atoms with Crippen LogP contribution in [0.3, 0.4) is 0 Å². The summed E-state index contributed by atoms with van der Waals surface area (Å²) < 4.78 is 29.0. The van der Waals surface area contributed by atoms with Gasteiger partial charge in [0.15, 0.2) is 5.78 Å². The second kappa shape index (κ2) is 14.4. The lowest BCUT2D eigenvalue weighted by molar-refractivity contribution is -0.124. The fourth-order valence-corrected chi connectivity index (χ4v) is 8.34. The summed E-state index contributed by atoms with van der Waals surface area (Å²) >= 11 is 13.2. The van der Waals surface area contributed by atoms with Crippen molar-refractivity contribution in [2.75, 3.05) is 19.6 Å². The molecule has 0 radical (unpaired) electrons. The van der Waals surface area contributed by atoms with E-state index in [9.17, 15) is 22.8 Å². The molecule has 5 N–H and O–H groups in total. The third-order valence-corrected chi connectivity index (χ3v) is 11.0. The van der Waals surface area contributed by atoms with Crippen LogP contribution in [0.5, 0.6) is 0 Å². The van der Waals surface area contributed by atoms with Crippen LogP contribution in [-0.2, 0) is 14.8 Å². The van der Waals surface area contributed by atoms with E-state index in [0.29, 0.717) is 41.6 Å². The molecule has 1 aromatic heterocycles. The van der Waals surface area contributed by atoms with Gasteiger partial charge in [0.2, 0.25) is 15.9 Å². The topological polar surface area (TPSA) is 175 Å². The molecule has 2 amide bonds. The number of nitrogens with two attached hydrogens (primary N) is 1. The van der Waals surface area contributed by atoms with Crippen LogP contribution in [0.15, 0.2) is 65.6 Å². The van der Waals surface area contributed by atoms with Crippen molar-refractivity contribution < 1.29 is 22.8 Å². The largest absolute Gasteiger partial charge is 0.384 e. The van der Waals surface area contributed by atoms with Crippen LogP contribution >= 0.6 is 23.2 Å². The van der Waals surface area contributed by atoms with E-state index in [4.69, 9.17) is 34.3 Å². The molecule has 0 saturated carbocycles. The number of carbonyl (C=O) groups excluding carboxylic acids is 3. The predicted molar refractivity (Wildman–Crippen MR) is 185 cm³/mol. The maximum absolute atomic E-state index is 14.0. The number of benzene rings is 3. The van der Waals surface area contributed by atoms with Crippen LogP contribution in [-0.4, -0.2) is 66.8 Å². The molecule has 11 nitrogen and oxygen atoms in total. The van der Waals surface area contributed by atoms with E-state index in [2.05, 4.69) is 15.6 Å². The Kier molecular flexibility index (Phi) is 10.5. The molecule has 0 aliphatic carbocycles. The quantitative estimate of drug-likeness (QED) is 0.0751. The number of nitrogens with zero attached hydrogens (tertiary/aromatic N) is 2. The second-order valence-corrected chi connectivity index (χ2v) is 14.2. The zero-order valence-electron chi connectivity index (χ0n) is 26.3. The highest BCUT2D eigenvalue weighted by Crippen LogP contribution is 2.37. The van der Waals surface area contributed by atoms with Crippen molar-refractivity contribution >= 4 is 67.6 Å². The number of fused-ring (bicyclic) bond motifs is 1. The number of nitrogen functional groups attached to an aromatic ring is 1. The molecule has 14 heteroatoms. The van der Waals surface area contributed by atoms with E-state index >= 15 is 0 Å². The molecule has 2 heterocycles. The molecule has 48 heavy (non-hydrogen) atoms. The molecule has 4 aromatic rings. The van der Waals surface area contributed by atoms with Gasteiger partial charge in [0.1, 0.15) is 16.8 Å². The Bertz CT molecular complexity index is 2050. The standard InChI is InChI=1S/C34H34Cl2N6O5S/c1-19-18-20(2)41-30-23(19)6-3-7-24(30)31(43)28-25(35)13-14-27(29(28)36)48(46,47)42-17-4-8-26(42)34(45)40-16-5-15-39-33(44)22-11-9-21(10-12-22)32(37)38/h3,6-7,9-14,18,26H,4-5,8,15-17H2,1-2H3,(H3,37,38)(H,39,44)(H,40,45). The molecular weight excluding hydrogens is 675 g/mol. The number of hydrogen-bond acceptors (Lipinski definition) is 7. The monoisotopic (exact) mass is 708 g/mol. The van der Waals surface area contributed by atoms with Crippen molar-refractivity contribution in [2.45, 2.75) is 44.0 Å². The average molecular weight is 710 g/mol. The Hall–Kier alpha value is -4.36. The van der Waals surface area contributed by atoms with Crippen molar-refractivity contribution in [2.24, 2.45) is 5.73 Å². The summed E-state index contributed by atoms with van der Waals surface area (Å²) in [6.07, 6.45) is 1.15. The molecule has 1 saturated heterocycles. The molecule has 5 rings (SSSR count). The first-order valence-electron chi connectivity index (χ1n) is 15.2. The molecule has 0 spiro atoms. The summed E-state index contributed by atoms with van der Waals surface area (Å²) in [5.74, 6) is -1.46. The van der Waals surface area contributed by atoms with Crippen LogP contribution < -0.4 is 16.4 Å². The lowest BCUT2D eigenvalue weighted by Gasteiger charge is -2.24. The summed E-state index contributed by atoms with van der Waals surface area (Å²) in [5.41, 5.74) is 8.53. The van der Waals surface area contributed by atoms with Gasteiger partial charge in [-0.1, -0.05) is 47.5 Å². The zero-order chi connectivity index (χ0) is 34.7. The van der Waals surface area contributed by atoms with Gasteiger partial charge >= 0.3 is 0 Å². The number of hydrogen-bond donors (Lipinski definition) is 4. The summed E-state index contributed by atoms with van der Waals surface area (Å²) in [4.78, 5) is 43.7. The molecule has 0 bridgehead atoms. The van der Waals surface area contributed by atoms with Crippen molar-refractivity contribution in [3.8, 4) is 0 Å². The van der Waals surface area contributed by atoms with Crippen molar-refractivity contribution in [3.05, 3.63) is 104 Å². The number of para-hydroxylation sites is 1. The third kappa shape index (κ3) is 7.07. The second-order valence-electron chi connectivity index (χ2n) is 11.5. The van der Waals surface area contributed by atoms with Crippen molar-refractivity contribution in [1.82, 2.24) is 19.9 Å². The van der Waals surface area contributed by atoms with Crippen molar-refractivity contribution in [3.63, 3.8) is 0 Å². The molecular formula is C34H34Cl2N6O5S. The molecule has 1 fully saturated rings. The van der Waals surface area contributed by atoms with E-state index in [1.807, 2.05) is 26.0 Å². The molecule has 1 atom stereocenters. The van der Waals surface area contributed by atoms with Crippen LogP contribution in [0, 0.1) is 19.3 Å². The predicted octanol–water partition coefficient (Wildman–Crippen LogP) is 4.76. The Labute approximate surface area is 288 Å². The maximum atomic E-state index is 14.0. The number of amides is 2. The Balaban J connectivity index is 1.27. The number of carbonyl (C=O) groups is 3. The minimum atomic E-state index is -4.32. The van der Waals surface area contributed by atoms with Gasteiger partial charge in [-0.2, -0.15) is 4.31 Å². The zero-order valence-corrected chi connectivity index (χ0v) is 28.6. The number of amidine groups is 1. The Morgan fingerprint density at radius 3 is 2.40 bits per heavy atom. The van der Waals surface area contributed by atoms with Gasteiger partial charge < -0.3 is 16.4 Å². The van der Waals surface area contributed by atoms with Gasteiger partial charge in [0.05, 0.1) is 21.1 Å². The SMILES string of the molecule is Cc1cc(C)c2cccc(C(=O)c3c(Cl)ccc(S(=O)(=O)N4CCCC4C(=O)NCCCNC(=O)c4ccc(C(=N)N)cc4)c3Cl)c2n1. The van der Waals surface area contributed by atoms with Crippen LogP contribution in [0.25, 0.3) is 10.9 Å². The highest BCUT2D eigenvalue weighted by molar-refractivity contribution is 7.89. The smallest absolute Gasteiger partial charge is 0.251 e. The number of rotatable bonds is 11. The normalized spacial score (nSPS) is 15.0. The molecule has 3 aromatic carbocycles. The van der Waals surface area contributed by atoms with Gasteiger partial charge in [-0.25, -0.2) is 8.42 Å². The maximum Gasteiger partial charge on any atom is 0.251 e. The summed E-state index contributed by atoms with van der Waals surface area (Å²) in [7, 11) is -4.32. The number of ketones is 1. The van der Waals surface area contributed by atoms with Crippen LogP contribution in [0.4, 0.5) is 0 Å². The lowest BCUT2D eigenvalue weighted by Crippen LogP contribution is -2.46. The van der Waals surface area contributed by atoms with Gasteiger partial charge in [0.25, 0.3) is 5.91 Å². The molecule has 1 unspecified atom stereocenters. The van der Waals surface area contributed by atoms with E-state index in [0.717, 1.165) is 15.3 Å². The summed E-state index contributed by atoms with van der Waals surface area (Å²) in [6, 6.07) is 15.0. The van der Waals surface area contributed by atoms with Crippen molar-refractivity contribution in [1.29, 1.82) is 5.41 Å². The number of halogens is 2. The first-order valence-corrected chi connectivity index (χ1v) is 17.4. The van der Waals surface area contributed by atoms with Crippen LogP contribution in [0.2, 0.25) is 10.0 Å². The average Bonchev–Trinajstić information content (AvgIpc) is 3.55. The lowest BCUT2D eigenvalue weighted by atomic mass is 9.98. The molecule has 250 valence electrons. The highest BCUT2D eigenvalue weighted by Gasteiger charge is 2.41. The van der Waals surface area contributed by atoms with Crippen LogP contribution in [0.1, 0.15) is 62.4 Å². The first-order chi connectivity index (χ1) is 22.8. The number of aryl methyl sites for hydroxylation is 2. The number of aromatic nitrogens is 1. The van der Waals surface area contributed by atoms with Gasteiger partial charge in [-0.05, 0) is 75.1 Å². The third-order valence-electron chi connectivity index (χ3n) is 8.19. The van der Waals surface area contributed by atoms with E-state index in [1.54, 1.807) is 36.4 Å². The number of sulfonamides is 1. The number of nitrogens with one attached hydrogen (secondary N) is 3. The van der Waals surface area contributed by atoms with E-state index < -0.39 is 27.8 Å². The van der Waals surface area contributed by atoms with E-state index in [-0.39, 0.29) is 57.4 Å². The summed E-state index contributed by atoms with van der Waals surface area (Å²) in [5, 5.41) is 13.4. The molecule has 1 aliphatic heterocycles. The fraction of sp³-hybridized carbons (Fsp3) is 0.265. The molecule has 1 aliphatic rings. The first kappa shape index (κ1) is 35.0. The fourth-order valence-electron chi connectivity index (χ4n) is 5.78. The minimum Gasteiger partial charge on any atom is -0.384 e. The highest BCUT2D eigenvalue weighted by atomic mass is 35.5.